The molecule has 1 aliphatic carbocycles. The zero-order valence-corrected chi connectivity index (χ0v) is 17.6. The lowest BCUT2D eigenvalue weighted by atomic mass is 9.88. The minimum absolute atomic E-state index is 0.412. The summed E-state index contributed by atoms with van der Waals surface area (Å²) in [6.07, 6.45) is 10.3. The highest BCUT2D eigenvalue weighted by molar-refractivity contribution is 5.15. The summed E-state index contributed by atoms with van der Waals surface area (Å²) >= 11 is 0. The first-order valence-electron chi connectivity index (χ1n) is 11.4. The van der Waals surface area contributed by atoms with Crippen LogP contribution in [-0.4, -0.2) is 33.3 Å². The Labute approximate surface area is 169 Å². The molecule has 0 bridgehead atoms. The molecule has 0 amide bonds. The molecule has 0 unspecified atom stereocenters. The molecule has 2 fully saturated rings. The third-order valence-electron chi connectivity index (χ3n) is 6.94. The maximum absolute atomic E-state index is 4.56. The van der Waals surface area contributed by atoms with E-state index in [1.165, 1.54) is 70.0 Å². The third kappa shape index (κ3) is 4.45. The Hall–Kier alpha value is -1.75. The Balaban J connectivity index is 1.43. The number of tetrazole rings is 1. The Morgan fingerprint density at radius 3 is 2.39 bits per heavy atom. The lowest BCUT2D eigenvalue weighted by molar-refractivity contribution is -0.942. The van der Waals surface area contributed by atoms with Crippen molar-refractivity contribution in [3.63, 3.8) is 0 Å². The van der Waals surface area contributed by atoms with Crippen molar-refractivity contribution >= 4 is 0 Å². The van der Waals surface area contributed by atoms with E-state index in [0.717, 1.165) is 11.7 Å². The van der Waals surface area contributed by atoms with Gasteiger partial charge < -0.3 is 4.90 Å². The first-order valence-corrected chi connectivity index (χ1v) is 11.4. The summed E-state index contributed by atoms with van der Waals surface area (Å²) in [7, 11) is 0. The van der Waals surface area contributed by atoms with E-state index in [9.17, 15) is 0 Å². The highest BCUT2D eigenvalue weighted by atomic mass is 15.6. The summed E-state index contributed by atoms with van der Waals surface area (Å²) in [4.78, 5) is 1.69. The van der Waals surface area contributed by atoms with Gasteiger partial charge in [0.15, 0.2) is 6.04 Å². The van der Waals surface area contributed by atoms with Crippen LogP contribution in [0, 0.1) is 11.8 Å². The second-order valence-corrected chi connectivity index (χ2v) is 9.29. The predicted octanol–water partition coefficient (Wildman–Crippen LogP) is 3.41. The van der Waals surface area contributed by atoms with Crippen LogP contribution in [0.15, 0.2) is 30.3 Å². The molecule has 1 N–H and O–H groups in total. The molecular formula is C23H36N5+. The number of rotatable bonds is 6. The van der Waals surface area contributed by atoms with Crippen LogP contribution in [0.1, 0.15) is 82.3 Å². The van der Waals surface area contributed by atoms with Crippen LogP contribution in [-0.2, 0) is 6.42 Å². The van der Waals surface area contributed by atoms with Crippen LogP contribution in [0.5, 0.6) is 0 Å². The molecule has 28 heavy (non-hydrogen) atoms. The number of piperidine rings is 1. The Morgan fingerprint density at radius 2 is 1.71 bits per heavy atom. The topological polar surface area (TPSA) is 48.0 Å². The van der Waals surface area contributed by atoms with Crippen molar-refractivity contribution in [1.82, 2.24) is 20.2 Å². The van der Waals surface area contributed by atoms with Crippen LogP contribution in [0.2, 0.25) is 0 Å². The standard InChI is InChI=1S/C23H35N5/c1-18(2)22(23-24-25-26-28(23)21-11-7-4-8-12-21)27-15-13-20(14-16-27)17-19-9-5-3-6-10-19/h3,5-6,9-10,18,20-22H,4,7-8,11-17H2,1-2H3/p+1/t22-/m1/s1. The van der Waals surface area contributed by atoms with E-state index < -0.39 is 0 Å². The number of quaternary nitrogens is 1. The Bertz CT molecular complexity index is 712. The van der Waals surface area contributed by atoms with E-state index >= 15 is 0 Å². The zero-order chi connectivity index (χ0) is 19.3. The van der Waals surface area contributed by atoms with Crippen molar-refractivity contribution in [3.8, 4) is 0 Å². The van der Waals surface area contributed by atoms with Crippen molar-refractivity contribution in [1.29, 1.82) is 0 Å². The van der Waals surface area contributed by atoms with Gasteiger partial charge in [0.2, 0.25) is 5.82 Å². The lowest BCUT2D eigenvalue weighted by Crippen LogP contribution is -3.14. The van der Waals surface area contributed by atoms with Gasteiger partial charge in [-0.15, -0.1) is 5.10 Å². The monoisotopic (exact) mass is 382 g/mol. The first kappa shape index (κ1) is 19.6. The Morgan fingerprint density at radius 1 is 1.00 bits per heavy atom. The number of hydrogen-bond donors (Lipinski definition) is 1. The van der Waals surface area contributed by atoms with E-state index in [1.807, 2.05) is 0 Å². The summed E-state index contributed by atoms with van der Waals surface area (Å²) in [5, 5.41) is 13.1. The Kier molecular flexibility index (Phi) is 6.40. The molecule has 1 aromatic carbocycles. The van der Waals surface area contributed by atoms with E-state index in [2.05, 4.69) is 64.4 Å². The van der Waals surface area contributed by atoms with Gasteiger partial charge in [0, 0.05) is 5.92 Å². The molecule has 2 aromatic rings. The quantitative estimate of drug-likeness (QED) is 0.833. The van der Waals surface area contributed by atoms with Crippen LogP contribution in [0.25, 0.3) is 0 Å². The zero-order valence-electron chi connectivity index (χ0n) is 17.6. The highest BCUT2D eigenvalue weighted by Crippen LogP contribution is 2.30. The van der Waals surface area contributed by atoms with Gasteiger partial charge >= 0.3 is 0 Å². The fourth-order valence-corrected chi connectivity index (χ4v) is 5.45. The summed E-state index contributed by atoms with van der Waals surface area (Å²) < 4.78 is 2.20. The minimum Gasteiger partial charge on any atom is -0.326 e. The average molecular weight is 383 g/mol. The maximum atomic E-state index is 4.56. The highest BCUT2D eigenvalue weighted by Gasteiger charge is 2.36. The summed E-state index contributed by atoms with van der Waals surface area (Å²) in [6, 6.07) is 11.9. The fourth-order valence-electron chi connectivity index (χ4n) is 5.45. The fraction of sp³-hybridized carbons (Fsp3) is 0.696. The number of nitrogens with one attached hydrogen (secondary N) is 1. The smallest absolute Gasteiger partial charge is 0.209 e. The molecular weight excluding hydrogens is 346 g/mol. The van der Waals surface area contributed by atoms with Crippen LogP contribution in [0.3, 0.4) is 0 Å². The predicted molar refractivity (Wildman–Crippen MR) is 111 cm³/mol. The molecule has 2 heterocycles. The van der Waals surface area contributed by atoms with Crippen LogP contribution >= 0.6 is 0 Å². The molecule has 0 spiro atoms. The molecule has 0 radical (unpaired) electrons. The molecule has 1 atom stereocenters. The van der Waals surface area contributed by atoms with Gasteiger partial charge in [-0.05, 0) is 54.0 Å². The van der Waals surface area contributed by atoms with Gasteiger partial charge in [0.1, 0.15) is 0 Å². The number of nitrogens with zero attached hydrogens (tertiary/aromatic N) is 4. The summed E-state index contributed by atoms with van der Waals surface area (Å²) in [5.74, 6) is 2.50. The van der Waals surface area contributed by atoms with Crippen LogP contribution < -0.4 is 4.90 Å². The van der Waals surface area contributed by atoms with Gasteiger partial charge in [-0.3, -0.25) is 0 Å². The first-order chi connectivity index (χ1) is 13.7. The minimum atomic E-state index is 0.412. The van der Waals surface area contributed by atoms with E-state index in [-0.39, 0.29) is 0 Å². The molecule has 1 aromatic heterocycles. The SMILES string of the molecule is CC(C)[C@H](c1nnnn1C1CCCCC1)[NH+]1CCC(Cc2ccccc2)CC1. The van der Waals surface area contributed by atoms with Crippen molar-refractivity contribution in [3.05, 3.63) is 41.7 Å². The lowest BCUT2D eigenvalue weighted by Gasteiger charge is -2.36. The largest absolute Gasteiger partial charge is 0.326 e. The van der Waals surface area contributed by atoms with Crippen molar-refractivity contribution < 1.29 is 4.90 Å². The van der Waals surface area contributed by atoms with Gasteiger partial charge in [-0.25, -0.2) is 4.68 Å². The van der Waals surface area contributed by atoms with Gasteiger partial charge in [0.25, 0.3) is 0 Å². The number of hydrogen-bond acceptors (Lipinski definition) is 3. The van der Waals surface area contributed by atoms with E-state index in [4.69, 9.17) is 0 Å². The average Bonchev–Trinajstić information content (AvgIpc) is 3.20. The molecule has 1 saturated heterocycles. The molecule has 1 aliphatic heterocycles. The van der Waals surface area contributed by atoms with Crippen molar-refractivity contribution in [2.24, 2.45) is 11.8 Å². The van der Waals surface area contributed by atoms with Crippen molar-refractivity contribution in [2.75, 3.05) is 13.1 Å². The molecule has 4 rings (SSSR count). The van der Waals surface area contributed by atoms with E-state index in [0.29, 0.717) is 18.0 Å². The maximum Gasteiger partial charge on any atom is 0.209 e. The third-order valence-corrected chi connectivity index (χ3v) is 6.94. The molecule has 5 heteroatoms. The van der Waals surface area contributed by atoms with Crippen LogP contribution in [0.4, 0.5) is 0 Å². The second kappa shape index (κ2) is 9.17. The number of aromatic nitrogens is 4. The normalized spacial score (nSPS) is 25.1. The molecule has 2 aliphatic rings. The van der Waals surface area contributed by atoms with Gasteiger partial charge in [-0.2, -0.15) is 0 Å². The molecule has 1 saturated carbocycles. The molecule has 152 valence electrons. The van der Waals surface area contributed by atoms with E-state index in [1.54, 1.807) is 4.90 Å². The second-order valence-electron chi connectivity index (χ2n) is 9.29. The summed E-state index contributed by atoms with van der Waals surface area (Å²) in [6.45, 7) is 7.15. The summed E-state index contributed by atoms with van der Waals surface area (Å²) in [5.41, 5.74) is 1.48. The van der Waals surface area contributed by atoms with Crippen molar-refractivity contribution in [2.45, 2.75) is 77.3 Å². The number of likely N-dealkylation sites (tertiary alicyclic amines) is 1. The van der Waals surface area contributed by atoms with Gasteiger partial charge in [0.05, 0.1) is 19.1 Å². The van der Waals surface area contributed by atoms with Gasteiger partial charge in [-0.1, -0.05) is 63.4 Å². The molecule has 5 nitrogen and oxygen atoms in total. The number of benzene rings is 1.